The highest BCUT2D eigenvalue weighted by atomic mass is 35.5. The molecule has 3 aromatic carbocycles. The molecular weight excluding hydrogens is 487 g/mol. The summed E-state index contributed by atoms with van der Waals surface area (Å²) in [6, 6.07) is 13.1. The molecule has 0 aliphatic carbocycles. The zero-order chi connectivity index (χ0) is 25.6. The van der Waals surface area contributed by atoms with Crippen LogP contribution in [0.4, 0.5) is 24.5 Å². The molecule has 0 fully saturated rings. The van der Waals surface area contributed by atoms with Crippen LogP contribution in [0, 0.1) is 17.0 Å². The van der Waals surface area contributed by atoms with Gasteiger partial charge in [0.15, 0.2) is 11.5 Å². The number of hydrogen-bond acceptors (Lipinski definition) is 6. The SMILES string of the molecule is CCOc1cc(/C=N\Nc2ccc(C(F)(F)F)cc2[N+](=O)[O-])cc(Cl)c1OCc1cccc(C)c1. The lowest BCUT2D eigenvalue weighted by Gasteiger charge is -2.14. The zero-order valence-corrected chi connectivity index (χ0v) is 19.5. The molecule has 7 nitrogen and oxygen atoms in total. The Labute approximate surface area is 204 Å². The van der Waals surface area contributed by atoms with Crippen molar-refractivity contribution >= 4 is 29.2 Å². The number of hydrogen-bond donors (Lipinski definition) is 1. The average Bonchev–Trinajstić information content (AvgIpc) is 2.78. The van der Waals surface area contributed by atoms with Crippen LogP contribution in [0.1, 0.15) is 29.2 Å². The molecule has 1 N–H and O–H groups in total. The second kappa shape index (κ2) is 11.1. The number of nitrogens with zero attached hydrogens (tertiary/aromatic N) is 2. The number of halogens is 4. The van der Waals surface area contributed by atoms with Gasteiger partial charge in [-0.05, 0) is 49.2 Å². The van der Waals surface area contributed by atoms with Crippen LogP contribution in [0.2, 0.25) is 5.02 Å². The number of nitrogens with one attached hydrogen (secondary N) is 1. The van der Waals surface area contributed by atoms with E-state index in [4.69, 9.17) is 21.1 Å². The summed E-state index contributed by atoms with van der Waals surface area (Å²) in [4.78, 5) is 10.3. The topological polar surface area (TPSA) is 86.0 Å². The highest BCUT2D eigenvalue weighted by molar-refractivity contribution is 6.32. The normalized spacial score (nSPS) is 11.5. The largest absolute Gasteiger partial charge is 0.490 e. The maximum Gasteiger partial charge on any atom is 0.416 e. The first kappa shape index (κ1) is 25.8. The van der Waals surface area contributed by atoms with E-state index >= 15 is 0 Å². The third-order valence-corrected chi connectivity index (χ3v) is 5.00. The molecule has 0 radical (unpaired) electrons. The van der Waals surface area contributed by atoms with E-state index in [1.165, 1.54) is 6.21 Å². The van der Waals surface area contributed by atoms with Gasteiger partial charge in [-0.1, -0.05) is 41.4 Å². The van der Waals surface area contributed by atoms with Crippen LogP contribution < -0.4 is 14.9 Å². The Morgan fingerprint density at radius 3 is 2.57 bits per heavy atom. The Morgan fingerprint density at radius 1 is 1.14 bits per heavy atom. The van der Waals surface area contributed by atoms with Gasteiger partial charge in [0.1, 0.15) is 12.3 Å². The number of benzene rings is 3. The lowest BCUT2D eigenvalue weighted by Crippen LogP contribution is -2.06. The van der Waals surface area contributed by atoms with Crippen molar-refractivity contribution in [1.29, 1.82) is 0 Å². The van der Waals surface area contributed by atoms with Crippen LogP contribution >= 0.6 is 11.6 Å². The van der Waals surface area contributed by atoms with Gasteiger partial charge in [-0.15, -0.1) is 0 Å². The third kappa shape index (κ3) is 6.86. The average molecular weight is 508 g/mol. The predicted octanol–water partition coefficient (Wildman–Crippen LogP) is 7.00. The minimum Gasteiger partial charge on any atom is -0.490 e. The van der Waals surface area contributed by atoms with E-state index < -0.39 is 22.4 Å². The molecule has 11 heteroatoms. The Balaban J connectivity index is 1.80. The Kier molecular flexibility index (Phi) is 8.18. The van der Waals surface area contributed by atoms with Crippen molar-refractivity contribution in [3.05, 3.63) is 92.0 Å². The summed E-state index contributed by atoms with van der Waals surface area (Å²) in [5.74, 6) is 0.716. The number of hydrazone groups is 1. The maximum atomic E-state index is 12.9. The molecule has 0 amide bonds. The molecule has 0 heterocycles. The molecule has 0 saturated carbocycles. The van der Waals surface area contributed by atoms with Crippen LogP contribution in [0.25, 0.3) is 0 Å². The second-order valence-corrected chi connectivity index (χ2v) is 7.80. The lowest BCUT2D eigenvalue weighted by atomic mass is 10.1. The summed E-state index contributed by atoms with van der Waals surface area (Å²) in [5.41, 5.74) is 2.84. The van der Waals surface area contributed by atoms with E-state index in [9.17, 15) is 23.3 Å². The van der Waals surface area contributed by atoms with Gasteiger partial charge in [0.2, 0.25) is 0 Å². The number of rotatable bonds is 9. The third-order valence-electron chi connectivity index (χ3n) is 4.72. The first-order valence-electron chi connectivity index (χ1n) is 10.4. The van der Waals surface area contributed by atoms with Crippen LogP contribution in [-0.2, 0) is 12.8 Å². The summed E-state index contributed by atoms with van der Waals surface area (Å²) in [7, 11) is 0. The summed E-state index contributed by atoms with van der Waals surface area (Å²) in [6.45, 7) is 4.38. The first-order valence-corrected chi connectivity index (χ1v) is 10.8. The highest BCUT2D eigenvalue weighted by Gasteiger charge is 2.33. The molecule has 0 spiro atoms. The first-order chi connectivity index (χ1) is 16.6. The number of alkyl halides is 3. The van der Waals surface area contributed by atoms with Crippen LogP contribution in [0.5, 0.6) is 11.5 Å². The summed E-state index contributed by atoms with van der Waals surface area (Å²) < 4.78 is 50.1. The van der Waals surface area contributed by atoms with Crippen LogP contribution in [-0.4, -0.2) is 17.7 Å². The fourth-order valence-corrected chi connectivity index (χ4v) is 3.43. The fraction of sp³-hybridized carbons (Fsp3) is 0.208. The van der Waals surface area contributed by atoms with Crippen LogP contribution in [0.15, 0.2) is 59.7 Å². The molecule has 3 aromatic rings. The Bertz CT molecular complexity index is 1250. The molecule has 35 heavy (non-hydrogen) atoms. The minimum absolute atomic E-state index is 0.200. The molecule has 0 aliphatic heterocycles. The highest BCUT2D eigenvalue weighted by Crippen LogP contribution is 2.37. The van der Waals surface area contributed by atoms with Gasteiger partial charge in [0.25, 0.3) is 5.69 Å². The summed E-state index contributed by atoms with van der Waals surface area (Å²) >= 11 is 6.41. The van der Waals surface area contributed by atoms with Crippen molar-refractivity contribution < 1.29 is 27.6 Å². The molecule has 0 bridgehead atoms. The van der Waals surface area contributed by atoms with Crippen molar-refractivity contribution in [3.63, 3.8) is 0 Å². The number of anilines is 1. The molecular formula is C24H21ClF3N3O4. The lowest BCUT2D eigenvalue weighted by molar-refractivity contribution is -0.384. The van der Waals surface area contributed by atoms with E-state index in [1.54, 1.807) is 19.1 Å². The van der Waals surface area contributed by atoms with Gasteiger partial charge in [0.05, 0.1) is 28.3 Å². The van der Waals surface area contributed by atoms with Crippen molar-refractivity contribution in [3.8, 4) is 11.5 Å². The number of nitro groups is 1. The molecule has 184 valence electrons. The summed E-state index contributed by atoms with van der Waals surface area (Å²) in [6.07, 6.45) is -3.40. The van der Waals surface area contributed by atoms with Gasteiger partial charge in [-0.25, -0.2) is 0 Å². The number of nitro benzene ring substituents is 1. The van der Waals surface area contributed by atoms with Crippen LogP contribution in [0.3, 0.4) is 0 Å². The molecule has 0 aliphatic rings. The minimum atomic E-state index is -4.71. The van der Waals surface area contributed by atoms with Gasteiger partial charge >= 0.3 is 6.18 Å². The van der Waals surface area contributed by atoms with E-state index in [1.807, 2.05) is 31.2 Å². The van der Waals surface area contributed by atoms with Gasteiger partial charge in [-0.3, -0.25) is 15.5 Å². The smallest absolute Gasteiger partial charge is 0.416 e. The van der Waals surface area contributed by atoms with E-state index in [0.717, 1.165) is 23.3 Å². The molecule has 0 unspecified atom stereocenters. The summed E-state index contributed by atoms with van der Waals surface area (Å²) in [5, 5.41) is 15.4. The van der Waals surface area contributed by atoms with Crippen molar-refractivity contribution in [2.75, 3.05) is 12.0 Å². The van der Waals surface area contributed by atoms with E-state index in [2.05, 4.69) is 10.5 Å². The standard InChI is InChI=1S/C24H21ClF3N3O4/c1-3-34-22-11-17(10-19(25)23(22)35-14-16-6-4-5-15(2)9-16)13-29-30-20-8-7-18(24(26,27)28)12-21(20)31(32)33/h4-13,30H,3,14H2,1-2H3/b29-13-. The quantitative estimate of drug-likeness (QED) is 0.191. The fourth-order valence-electron chi connectivity index (χ4n) is 3.15. The van der Waals surface area contributed by atoms with Gasteiger partial charge < -0.3 is 9.47 Å². The molecule has 0 atom stereocenters. The van der Waals surface area contributed by atoms with E-state index in [-0.39, 0.29) is 17.3 Å². The van der Waals surface area contributed by atoms with Gasteiger partial charge in [0, 0.05) is 6.07 Å². The Morgan fingerprint density at radius 2 is 1.91 bits per heavy atom. The van der Waals surface area contributed by atoms with Gasteiger partial charge in [-0.2, -0.15) is 18.3 Å². The monoisotopic (exact) mass is 507 g/mol. The van der Waals surface area contributed by atoms with E-state index in [0.29, 0.717) is 29.7 Å². The van der Waals surface area contributed by atoms with Crippen molar-refractivity contribution in [2.45, 2.75) is 26.6 Å². The number of aryl methyl sites for hydroxylation is 1. The zero-order valence-electron chi connectivity index (χ0n) is 18.7. The molecule has 0 aromatic heterocycles. The Hall–Kier alpha value is -3.79. The van der Waals surface area contributed by atoms with Crippen molar-refractivity contribution in [1.82, 2.24) is 0 Å². The molecule has 0 saturated heterocycles. The maximum absolute atomic E-state index is 12.9. The predicted molar refractivity (Wildman–Crippen MR) is 127 cm³/mol. The van der Waals surface area contributed by atoms with Crippen molar-refractivity contribution in [2.24, 2.45) is 5.10 Å². The second-order valence-electron chi connectivity index (χ2n) is 7.40. The number of ether oxygens (including phenoxy) is 2. The molecule has 3 rings (SSSR count).